The van der Waals surface area contributed by atoms with Crippen molar-refractivity contribution in [1.29, 1.82) is 0 Å². The molecule has 0 amide bonds. The molecule has 2 saturated heterocycles. The number of hydrogen-bond donors (Lipinski definition) is 2. The standard InChI is InChI=1S/C24H29F3N2O3/c25-24(26,27)17-1-2-20-19(13-17)18-11-16-14-29(7-3-15(16)12-21(18)28-20)8-4-23(22(30)31)5-9-32-10-6-23/h1-2,13,15-16,28H,3-12,14H2,(H,30,31). The predicted molar refractivity (Wildman–Crippen MR) is 113 cm³/mol. The average Bonchev–Trinajstić information content (AvgIpc) is 3.12. The number of aromatic amines is 1. The van der Waals surface area contributed by atoms with Crippen LogP contribution in [0.2, 0.25) is 0 Å². The Balaban J connectivity index is 1.30. The Morgan fingerprint density at radius 1 is 1.22 bits per heavy atom. The predicted octanol–water partition coefficient (Wildman–Crippen LogP) is 4.49. The van der Waals surface area contributed by atoms with E-state index < -0.39 is 23.1 Å². The summed E-state index contributed by atoms with van der Waals surface area (Å²) in [5.74, 6) is 0.183. The molecule has 1 aromatic carbocycles. The maximum absolute atomic E-state index is 13.2. The molecular weight excluding hydrogens is 421 g/mol. The first-order valence-corrected chi connectivity index (χ1v) is 11.5. The van der Waals surface area contributed by atoms with Crippen molar-refractivity contribution >= 4 is 16.9 Å². The van der Waals surface area contributed by atoms with Crippen molar-refractivity contribution in [2.75, 3.05) is 32.8 Å². The number of alkyl halides is 3. The van der Waals surface area contributed by atoms with Crippen molar-refractivity contribution in [3.05, 3.63) is 35.0 Å². The summed E-state index contributed by atoms with van der Waals surface area (Å²) in [7, 11) is 0. The number of rotatable bonds is 4. The van der Waals surface area contributed by atoms with Crippen molar-refractivity contribution in [3.8, 4) is 0 Å². The smallest absolute Gasteiger partial charge is 0.416 e. The fraction of sp³-hybridized carbons (Fsp3) is 0.625. The SMILES string of the molecule is O=C(O)C1(CCN2CCC3Cc4[nH]c5ccc(C(F)(F)F)cc5c4CC3C2)CCOCC1. The number of carboxylic acids is 1. The Hall–Kier alpha value is -2.06. The minimum absolute atomic E-state index is 0.389. The van der Waals surface area contributed by atoms with Gasteiger partial charge in [0.15, 0.2) is 0 Å². The van der Waals surface area contributed by atoms with Crippen molar-refractivity contribution in [3.63, 3.8) is 0 Å². The number of likely N-dealkylation sites (tertiary alicyclic amines) is 1. The van der Waals surface area contributed by atoms with Crippen molar-refractivity contribution in [1.82, 2.24) is 9.88 Å². The van der Waals surface area contributed by atoms with Crippen LogP contribution in [0.25, 0.3) is 10.9 Å². The number of fused-ring (bicyclic) bond motifs is 4. The molecule has 0 bridgehead atoms. The van der Waals surface area contributed by atoms with E-state index in [9.17, 15) is 23.1 Å². The first-order valence-electron chi connectivity index (χ1n) is 11.5. The number of piperidine rings is 1. The maximum atomic E-state index is 13.2. The van der Waals surface area contributed by atoms with Gasteiger partial charge in [0.25, 0.3) is 0 Å². The third kappa shape index (κ3) is 3.92. The maximum Gasteiger partial charge on any atom is 0.416 e. The van der Waals surface area contributed by atoms with Crippen LogP contribution < -0.4 is 0 Å². The molecule has 5 rings (SSSR count). The first-order chi connectivity index (χ1) is 15.2. The largest absolute Gasteiger partial charge is 0.481 e. The highest BCUT2D eigenvalue weighted by molar-refractivity contribution is 5.85. The number of H-pyrrole nitrogens is 1. The molecule has 2 unspecified atom stereocenters. The van der Waals surface area contributed by atoms with Crippen LogP contribution in [0.1, 0.15) is 42.5 Å². The van der Waals surface area contributed by atoms with Gasteiger partial charge >= 0.3 is 12.1 Å². The number of carbonyl (C=O) groups is 1. The van der Waals surface area contributed by atoms with E-state index in [1.165, 1.54) is 6.07 Å². The van der Waals surface area contributed by atoms with E-state index in [0.717, 1.165) is 61.7 Å². The zero-order chi connectivity index (χ0) is 22.5. The lowest BCUT2D eigenvalue weighted by Gasteiger charge is -2.42. The molecule has 2 fully saturated rings. The second-order valence-electron chi connectivity index (χ2n) is 9.81. The van der Waals surface area contributed by atoms with E-state index >= 15 is 0 Å². The lowest BCUT2D eigenvalue weighted by molar-refractivity contribution is -0.156. The van der Waals surface area contributed by atoms with Crippen LogP contribution in [0.4, 0.5) is 13.2 Å². The van der Waals surface area contributed by atoms with Crippen molar-refractivity contribution in [2.45, 2.75) is 44.7 Å². The van der Waals surface area contributed by atoms with E-state index in [-0.39, 0.29) is 0 Å². The van der Waals surface area contributed by atoms with Gasteiger partial charge in [-0.2, -0.15) is 13.2 Å². The number of carboxylic acid groups (broad SMARTS) is 1. The second kappa shape index (κ2) is 8.06. The first kappa shape index (κ1) is 21.8. The van der Waals surface area contributed by atoms with Crippen LogP contribution in [-0.4, -0.2) is 53.8 Å². The lowest BCUT2D eigenvalue weighted by atomic mass is 9.73. The Morgan fingerprint density at radius 3 is 2.72 bits per heavy atom. The Morgan fingerprint density at radius 2 is 2.00 bits per heavy atom. The molecule has 2 aliphatic heterocycles. The summed E-state index contributed by atoms with van der Waals surface area (Å²) in [6.45, 7) is 3.57. The number of nitrogens with one attached hydrogen (secondary N) is 1. The summed E-state index contributed by atoms with van der Waals surface area (Å²) >= 11 is 0. The van der Waals surface area contributed by atoms with Gasteiger partial charge in [-0.05, 0) is 87.2 Å². The van der Waals surface area contributed by atoms with Gasteiger partial charge in [-0.1, -0.05) is 0 Å². The van der Waals surface area contributed by atoms with Gasteiger partial charge in [-0.15, -0.1) is 0 Å². The number of aliphatic carboxylic acids is 1. The monoisotopic (exact) mass is 450 g/mol. The number of ether oxygens (including phenoxy) is 1. The van der Waals surface area contributed by atoms with Crippen LogP contribution in [-0.2, 0) is 28.5 Å². The van der Waals surface area contributed by atoms with Crippen molar-refractivity contribution in [2.24, 2.45) is 17.3 Å². The van der Waals surface area contributed by atoms with Gasteiger partial charge in [-0.3, -0.25) is 4.79 Å². The van der Waals surface area contributed by atoms with Gasteiger partial charge in [0.2, 0.25) is 0 Å². The quantitative estimate of drug-likeness (QED) is 0.720. The highest BCUT2D eigenvalue weighted by Crippen LogP contribution is 2.41. The molecule has 2 aromatic rings. The number of aromatic nitrogens is 1. The van der Waals surface area contributed by atoms with Crippen LogP contribution in [0.15, 0.2) is 18.2 Å². The summed E-state index contributed by atoms with van der Waals surface area (Å²) in [5, 5.41) is 10.5. The number of nitrogens with zero attached hydrogens (tertiary/aromatic N) is 1. The van der Waals surface area contributed by atoms with E-state index in [4.69, 9.17) is 4.74 Å². The van der Waals surface area contributed by atoms with Crippen LogP contribution in [0, 0.1) is 17.3 Å². The van der Waals surface area contributed by atoms with E-state index in [1.54, 1.807) is 6.07 Å². The van der Waals surface area contributed by atoms with Crippen molar-refractivity contribution < 1.29 is 27.8 Å². The molecule has 174 valence electrons. The third-order valence-electron chi connectivity index (χ3n) is 8.04. The fourth-order valence-electron chi connectivity index (χ4n) is 5.98. The normalized spacial score (nSPS) is 26.0. The molecule has 1 aromatic heterocycles. The molecule has 1 aliphatic carbocycles. The minimum atomic E-state index is -4.35. The molecule has 3 heterocycles. The molecule has 8 heteroatoms. The molecule has 3 aliphatic rings. The van der Waals surface area contributed by atoms with Crippen LogP contribution in [0.5, 0.6) is 0 Å². The van der Waals surface area contributed by atoms with Gasteiger partial charge in [0.05, 0.1) is 11.0 Å². The highest BCUT2D eigenvalue weighted by Gasteiger charge is 2.41. The van der Waals surface area contributed by atoms with Crippen LogP contribution in [0.3, 0.4) is 0 Å². The summed E-state index contributed by atoms with van der Waals surface area (Å²) in [6, 6.07) is 3.98. The van der Waals surface area contributed by atoms with E-state index in [2.05, 4.69) is 9.88 Å². The Bertz CT molecular complexity index is 1010. The molecule has 2 atom stereocenters. The second-order valence-corrected chi connectivity index (χ2v) is 9.81. The number of benzene rings is 1. The van der Waals surface area contributed by atoms with E-state index in [1.807, 2.05) is 0 Å². The molecule has 32 heavy (non-hydrogen) atoms. The summed E-state index contributed by atoms with van der Waals surface area (Å²) in [4.78, 5) is 17.7. The van der Waals surface area contributed by atoms with Gasteiger partial charge in [0.1, 0.15) is 0 Å². The Kier molecular flexibility index (Phi) is 5.48. The number of halogens is 3. The fourth-order valence-corrected chi connectivity index (χ4v) is 5.98. The molecule has 0 radical (unpaired) electrons. The topological polar surface area (TPSA) is 65.6 Å². The van der Waals surface area contributed by atoms with Gasteiger partial charge < -0.3 is 19.7 Å². The number of hydrogen-bond acceptors (Lipinski definition) is 3. The molecule has 2 N–H and O–H groups in total. The molecule has 5 nitrogen and oxygen atoms in total. The summed E-state index contributed by atoms with van der Waals surface area (Å²) in [5.41, 5.74) is 1.59. The van der Waals surface area contributed by atoms with Crippen LogP contribution >= 0.6 is 0 Å². The minimum Gasteiger partial charge on any atom is -0.481 e. The zero-order valence-electron chi connectivity index (χ0n) is 18.0. The summed E-state index contributed by atoms with van der Waals surface area (Å²) < 4.78 is 45.1. The highest BCUT2D eigenvalue weighted by atomic mass is 19.4. The summed E-state index contributed by atoms with van der Waals surface area (Å²) in [6.07, 6.45) is 0.0786. The lowest BCUT2D eigenvalue weighted by Crippen LogP contribution is -2.46. The van der Waals surface area contributed by atoms with E-state index in [0.29, 0.717) is 49.7 Å². The molecular formula is C24H29F3N2O3. The molecule has 0 spiro atoms. The third-order valence-corrected chi connectivity index (χ3v) is 8.04. The Labute approximate surface area is 184 Å². The van der Waals surface area contributed by atoms with Gasteiger partial charge in [-0.25, -0.2) is 0 Å². The zero-order valence-corrected chi connectivity index (χ0v) is 18.0. The average molecular weight is 451 g/mol. The molecule has 0 saturated carbocycles. The van der Waals surface area contributed by atoms with Gasteiger partial charge in [0, 0.05) is 36.4 Å².